The molecule has 2 aromatic carbocycles. The van der Waals surface area contributed by atoms with Gasteiger partial charge in [-0.3, -0.25) is 19.2 Å². The van der Waals surface area contributed by atoms with Crippen LogP contribution in [0.2, 0.25) is 0 Å². The minimum Gasteiger partial charge on any atom is -0.508 e. The number of nitrogens with one attached hydrogen (secondary N) is 1. The average Bonchev–Trinajstić information content (AvgIpc) is 2.88. The van der Waals surface area contributed by atoms with Crippen molar-refractivity contribution in [3.63, 3.8) is 0 Å². The third-order valence-corrected chi connectivity index (χ3v) is 7.71. The number of carbonyl (C=O) groups is 4. The Balaban J connectivity index is 1.58. The number of hydrogen-bond acceptors (Lipinski definition) is 8. The van der Waals surface area contributed by atoms with E-state index >= 15 is 4.39 Å². The van der Waals surface area contributed by atoms with Crippen LogP contribution in [0, 0.1) is 17.7 Å². The van der Waals surface area contributed by atoms with Crippen LogP contribution >= 0.6 is 0 Å². The molecule has 1 unspecified atom stereocenters. The molecule has 0 aromatic heterocycles. The summed E-state index contributed by atoms with van der Waals surface area (Å²) in [4.78, 5) is 50.3. The first-order chi connectivity index (χ1) is 19.1. The van der Waals surface area contributed by atoms with Crippen molar-refractivity contribution in [2.75, 3.05) is 5.32 Å². The highest BCUT2D eigenvalue weighted by atomic mass is 19.4. The lowest BCUT2D eigenvalue weighted by molar-refractivity contribution is -0.147. The maximum absolute atomic E-state index is 15.3. The van der Waals surface area contributed by atoms with Crippen molar-refractivity contribution in [2.45, 2.75) is 31.0 Å². The maximum atomic E-state index is 15.3. The summed E-state index contributed by atoms with van der Waals surface area (Å²) in [5, 5.41) is 45.9. The number of aromatic hydroxyl groups is 1. The summed E-state index contributed by atoms with van der Waals surface area (Å²) in [6.07, 6.45) is -5.82. The molecule has 0 bridgehead atoms. The van der Waals surface area contributed by atoms with E-state index in [1.54, 1.807) is 0 Å². The molecule has 214 valence electrons. The number of hydrogen-bond donors (Lipinski definition) is 6. The first-order valence-corrected chi connectivity index (χ1v) is 12.1. The summed E-state index contributed by atoms with van der Waals surface area (Å²) in [5.74, 6) is -11.2. The number of amides is 2. The number of alkyl halides is 3. The van der Waals surface area contributed by atoms with Crippen molar-refractivity contribution in [1.82, 2.24) is 0 Å². The van der Waals surface area contributed by atoms with E-state index in [4.69, 9.17) is 5.73 Å². The number of primary amides is 1. The van der Waals surface area contributed by atoms with Crippen LogP contribution < -0.4 is 11.1 Å². The number of anilines is 1. The largest absolute Gasteiger partial charge is 0.508 e. The van der Waals surface area contributed by atoms with Gasteiger partial charge in [0.2, 0.25) is 5.78 Å². The van der Waals surface area contributed by atoms with Crippen LogP contribution in [-0.4, -0.2) is 49.4 Å². The molecule has 0 saturated heterocycles. The van der Waals surface area contributed by atoms with Crippen molar-refractivity contribution < 1.29 is 57.2 Å². The Kier molecular flexibility index (Phi) is 6.22. The number of halogens is 4. The molecule has 2 aromatic rings. The van der Waals surface area contributed by atoms with Gasteiger partial charge in [0.15, 0.2) is 17.1 Å². The van der Waals surface area contributed by atoms with Crippen molar-refractivity contribution >= 4 is 34.8 Å². The van der Waals surface area contributed by atoms with Crippen LogP contribution in [0.4, 0.5) is 23.2 Å². The van der Waals surface area contributed by atoms with E-state index in [-0.39, 0.29) is 18.4 Å². The zero-order valence-corrected chi connectivity index (χ0v) is 20.7. The topological polar surface area (TPSA) is 187 Å². The Hall–Kier alpha value is -4.72. The van der Waals surface area contributed by atoms with E-state index in [1.807, 2.05) is 0 Å². The number of aliphatic hydroxyl groups excluding tert-OH is 2. The summed E-state index contributed by atoms with van der Waals surface area (Å²) in [6, 6.07) is 3.98. The van der Waals surface area contributed by atoms with Crippen LogP contribution in [-0.2, 0) is 27.0 Å². The molecule has 0 spiro atoms. The summed E-state index contributed by atoms with van der Waals surface area (Å²) >= 11 is 0. The number of rotatable bonds is 3. The summed E-state index contributed by atoms with van der Waals surface area (Å²) < 4.78 is 54.4. The molecular formula is C27H20F4N2O8. The second-order valence-corrected chi connectivity index (χ2v) is 10.0. The van der Waals surface area contributed by atoms with Crippen molar-refractivity contribution in [1.29, 1.82) is 0 Å². The van der Waals surface area contributed by atoms with Crippen LogP contribution in [0.1, 0.15) is 39.9 Å². The highest BCUT2D eigenvalue weighted by molar-refractivity contribution is 6.22. The Bertz CT molecular complexity index is 1640. The molecule has 3 aliphatic carbocycles. The van der Waals surface area contributed by atoms with Gasteiger partial charge in [0.25, 0.3) is 11.8 Å². The molecule has 5 rings (SSSR count). The number of phenols is 1. The van der Waals surface area contributed by atoms with Gasteiger partial charge in [-0.1, -0.05) is 6.07 Å². The van der Waals surface area contributed by atoms with E-state index in [2.05, 4.69) is 5.32 Å². The number of benzene rings is 2. The first-order valence-electron chi connectivity index (χ1n) is 12.1. The number of carbonyl (C=O) groups excluding carboxylic acids is 4. The standard InChI is InChI=1S/C27H20F4N2O8/c28-14-8-15(33-25(40)9-2-1-3-11(4-9)27(29,30)31)20(35)18-13(14)6-10-5-12-7-16(34)19(24(32)39)23(38)26(12,41)22(37)17(10)21(18)36/h1-4,8,10,12,35-36,38,41H,5-7H2,(H2,32,39)(H,33,40)/t10?,12-,26-/m0/s1. The molecule has 14 heteroatoms. The third kappa shape index (κ3) is 4.13. The molecule has 0 radical (unpaired) electrons. The van der Waals surface area contributed by atoms with Gasteiger partial charge in [-0.15, -0.1) is 0 Å². The van der Waals surface area contributed by atoms with E-state index in [1.165, 1.54) is 0 Å². The van der Waals surface area contributed by atoms with Crippen LogP contribution in [0.25, 0.3) is 5.76 Å². The van der Waals surface area contributed by atoms with E-state index in [9.17, 15) is 52.8 Å². The summed E-state index contributed by atoms with van der Waals surface area (Å²) in [7, 11) is 0. The minimum atomic E-state index is -4.76. The second kappa shape index (κ2) is 9.16. The third-order valence-electron chi connectivity index (χ3n) is 7.71. The van der Waals surface area contributed by atoms with Gasteiger partial charge >= 0.3 is 6.18 Å². The summed E-state index contributed by atoms with van der Waals surface area (Å²) in [5.41, 5.74) is -2.34. The average molecular weight is 576 g/mol. The quantitative estimate of drug-likeness (QED) is 0.183. The van der Waals surface area contributed by atoms with Gasteiger partial charge in [0, 0.05) is 35.1 Å². The van der Waals surface area contributed by atoms with Crippen LogP contribution in [0.15, 0.2) is 47.2 Å². The van der Waals surface area contributed by atoms with E-state index in [0.717, 1.165) is 18.2 Å². The fraction of sp³-hybridized carbons (Fsp3) is 0.259. The normalized spacial score (nSPS) is 24.0. The monoisotopic (exact) mass is 576 g/mol. The zero-order chi connectivity index (χ0) is 30.2. The zero-order valence-electron chi connectivity index (χ0n) is 20.7. The Morgan fingerprint density at radius 2 is 1.76 bits per heavy atom. The van der Waals surface area contributed by atoms with E-state index in [0.29, 0.717) is 12.1 Å². The number of aliphatic hydroxyl groups is 3. The highest BCUT2D eigenvalue weighted by Gasteiger charge is 2.60. The van der Waals surface area contributed by atoms with E-state index < -0.39 is 110 Å². The minimum absolute atomic E-state index is 0.211. The number of fused-ring (bicyclic) bond motifs is 3. The molecule has 7 N–H and O–H groups in total. The van der Waals surface area contributed by atoms with Crippen LogP contribution in [0.3, 0.4) is 0 Å². The predicted molar refractivity (Wildman–Crippen MR) is 131 cm³/mol. The van der Waals surface area contributed by atoms with Gasteiger partial charge < -0.3 is 31.5 Å². The Morgan fingerprint density at radius 1 is 1.07 bits per heavy atom. The fourth-order valence-corrected chi connectivity index (χ4v) is 5.77. The van der Waals surface area contributed by atoms with Crippen molar-refractivity contribution in [3.05, 3.63) is 75.3 Å². The molecule has 2 amide bonds. The molecule has 0 heterocycles. The Morgan fingerprint density at radius 3 is 2.39 bits per heavy atom. The maximum Gasteiger partial charge on any atom is 0.416 e. The van der Waals surface area contributed by atoms with Crippen LogP contribution in [0.5, 0.6) is 5.75 Å². The number of ketones is 2. The number of phenolic OH excluding ortho intramolecular Hbond substituents is 1. The van der Waals surface area contributed by atoms with Crippen molar-refractivity contribution in [2.24, 2.45) is 17.6 Å². The lowest BCUT2D eigenvalue weighted by atomic mass is 9.59. The lowest BCUT2D eigenvalue weighted by Crippen LogP contribution is -2.58. The van der Waals surface area contributed by atoms with Crippen molar-refractivity contribution in [3.8, 4) is 5.75 Å². The molecule has 0 aliphatic heterocycles. The molecule has 41 heavy (non-hydrogen) atoms. The Labute approximate surface area is 227 Å². The lowest BCUT2D eigenvalue weighted by Gasteiger charge is -2.46. The first kappa shape index (κ1) is 27.8. The van der Waals surface area contributed by atoms with Gasteiger partial charge in [0.05, 0.1) is 16.8 Å². The van der Waals surface area contributed by atoms with Gasteiger partial charge in [0.1, 0.15) is 22.9 Å². The molecule has 10 nitrogen and oxygen atoms in total. The highest BCUT2D eigenvalue weighted by Crippen LogP contribution is 2.53. The SMILES string of the molecule is NC(=O)C1=C(O)[C@@]2(O)C(=O)C3=C(O)c4c(O)c(NC(=O)c5cccc(C(F)(F)F)c5)cc(F)c4CC3C[C@H]2CC1=O. The predicted octanol–water partition coefficient (Wildman–Crippen LogP) is 2.83. The molecule has 3 aliphatic rings. The van der Waals surface area contributed by atoms with Gasteiger partial charge in [-0.2, -0.15) is 13.2 Å². The molecular weight excluding hydrogens is 556 g/mol. The smallest absolute Gasteiger partial charge is 0.416 e. The van der Waals surface area contributed by atoms with Gasteiger partial charge in [-0.25, -0.2) is 4.39 Å². The summed E-state index contributed by atoms with van der Waals surface area (Å²) in [6.45, 7) is 0. The van der Waals surface area contributed by atoms with Gasteiger partial charge in [-0.05, 0) is 37.0 Å². The molecule has 1 saturated carbocycles. The molecule has 1 fully saturated rings. The number of nitrogens with two attached hydrogens (primary N) is 1. The number of Topliss-reactive ketones (excluding diaryl/α,β-unsaturated/α-hetero) is 2. The molecule has 3 atom stereocenters. The fourth-order valence-electron chi connectivity index (χ4n) is 5.77. The second-order valence-electron chi connectivity index (χ2n) is 10.0.